The minimum atomic E-state index is -3.41. The molecule has 0 bridgehead atoms. The molecule has 0 radical (unpaired) electrons. The molecule has 7 heteroatoms. The molecule has 17 heavy (non-hydrogen) atoms. The van der Waals surface area contributed by atoms with Crippen LogP contribution in [0.4, 0.5) is 0 Å². The van der Waals surface area contributed by atoms with Gasteiger partial charge in [-0.25, -0.2) is 8.42 Å². The Kier molecular flexibility index (Phi) is 4.67. The number of nitrogens with zero attached hydrogens (tertiary/aromatic N) is 3. The molecule has 6 nitrogen and oxygen atoms in total. The molecular weight excluding hydrogens is 240 g/mol. The third kappa shape index (κ3) is 3.27. The van der Waals surface area contributed by atoms with Gasteiger partial charge in [-0.15, -0.1) is 0 Å². The highest BCUT2D eigenvalue weighted by atomic mass is 32.2. The first-order chi connectivity index (χ1) is 7.89. The zero-order valence-corrected chi connectivity index (χ0v) is 11.5. The molecule has 1 aromatic heterocycles. The summed E-state index contributed by atoms with van der Waals surface area (Å²) >= 11 is 0. The molecule has 0 aromatic carbocycles. The lowest BCUT2D eigenvalue weighted by molar-refractivity contribution is 0.410. The van der Waals surface area contributed by atoms with E-state index >= 15 is 0 Å². The van der Waals surface area contributed by atoms with Crippen LogP contribution in [0.3, 0.4) is 0 Å². The van der Waals surface area contributed by atoms with Gasteiger partial charge in [0.05, 0.1) is 12.7 Å². The minimum Gasteiger partial charge on any atom is -0.318 e. The van der Waals surface area contributed by atoms with Gasteiger partial charge in [0, 0.05) is 25.8 Å². The number of hydrogen-bond acceptors (Lipinski definition) is 4. The van der Waals surface area contributed by atoms with Gasteiger partial charge in [0.25, 0.3) is 0 Å². The Hall–Kier alpha value is -0.920. The summed E-state index contributed by atoms with van der Waals surface area (Å²) in [6, 6.07) is -0.0688. The van der Waals surface area contributed by atoms with Crippen molar-refractivity contribution in [3.63, 3.8) is 0 Å². The van der Waals surface area contributed by atoms with Gasteiger partial charge in [0.2, 0.25) is 10.0 Å². The average molecular weight is 260 g/mol. The van der Waals surface area contributed by atoms with E-state index in [0.29, 0.717) is 6.54 Å². The molecular formula is C10H20N4O2S. The van der Waals surface area contributed by atoms with Crippen LogP contribution in [0.2, 0.25) is 0 Å². The maximum Gasteiger partial charge on any atom is 0.246 e. The molecule has 0 unspecified atom stereocenters. The second-order valence-corrected chi connectivity index (χ2v) is 6.16. The molecule has 98 valence electrons. The highest BCUT2D eigenvalue weighted by Crippen LogP contribution is 2.15. The van der Waals surface area contributed by atoms with E-state index < -0.39 is 10.0 Å². The van der Waals surface area contributed by atoms with Gasteiger partial charge in [-0.1, -0.05) is 0 Å². The lowest BCUT2D eigenvalue weighted by Gasteiger charge is -2.19. The zero-order chi connectivity index (χ0) is 13.1. The van der Waals surface area contributed by atoms with Gasteiger partial charge in [-0.3, -0.25) is 4.68 Å². The van der Waals surface area contributed by atoms with E-state index in [2.05, 4.69) is 10.4 Å². The Balaban J connectivity index is 2.89. The highest BCUT2D eigenvalue weighted by molar-refractivity contribution is 7.89. The maximum atomic E-state index is 12.1. The topological polar surface area (TPSA) is 67.2 Å². The minimum absolute atomic E-state index is 0.0688. The van der Waals surface area contributed by atoms with Crippen LogP contribution in [0.25, 0.3) is 0 Å². The van der Waals surface area contributed by atoms with Crippen molar-refractivity contribution in [2.45, 2.75) is 31.3 Å². The van der Waals surface area contributed by atoms with Gasteiger partial charge < -0.3 is 5.32 Å². The van der Waals surface area contributed by atoms with Crippen LogP contribution in [0, 0.1) is 0 Å². The Labute approximate surface area is 103 Å². The van der Waals surface area contributed by atoms with E-state index in [-0.39, 0.29) is 10.9 Å². The van der Waals surface area contributed by atoms with E-state index in [1.54, 1.807) is 17.9 Å². The largest absolute Gasteiger partial charge is 0.318 e. The summed E-state index contributed by atoms with van der Waals surface area (Å²) in [5, 5.41) is 7.02. The lowest BCUT2D eigenvalue weighted by atomic mass is 10.4. The van der Waals surface area contributed by atoms with Crippen molar-refractivity contribution in [3.05, 3.63) is 12.4 Å². The molecule has 0 saturated heterocycles. The first kappa shape index (κ1) is 14.1. The predicted molar refractivity (Wildman–Crippen MR) is 66.2 cm³/mol. The van der Waals surface area contributed by atoms with Crippen LogP contribution in [0.15, 0.2) is 17.3 Å². The summed E-state index contributed by atoms with van der Waals surface area (Å²) in [5.41, 5.74) is 0. The van der Waals surface area contributed by atoms with E-state index in [1.165, 1.54) is 10.5 Å². The summed E-state index contributed by atoms with van der Waals surface area (Å²) in [6.07, 6.45) is 2.95. The van der Waals surface area contributed by atoms with Crippen molar-refractivity contribution in [2.75, 3.05) is 20.6 Å². The first-order valence-electron chi connectivity index (χ1n) is 5.54. The number of likely N-dealkylation sites (N-methyl/N-ethyl adjacent to an activating group) is 1. The Morgan fingerprint density at radius 3 is 2.71 bits per heavy atom. The van der Waals surface area contributed by atoms with Crippen molar-refractivity contribution in [2.24, 2.45) is 0 Å². The van der Waals surface area contributed by atoms with E-state index in [0.717, 1.165) is 6.54 Å². The fourth-order valence-electron chi connectivity index (χ4n) is 1.27. The van der Waals surface area contributed by atoms with E-state index in [1.807, 2.05) is 20.9 Å². The quantitative estimate of drug-likeness (QED) is 0.789. The SMILES string of the molecule is CNCCn1cc(S(=O)(=O)N(C)C(C)C)cn1. The monoisotopic (exact) mass is 260 g/mol. The maximum absolute atomic E-state index is 12.1. The number of nitrogens with one attached hydrogen (secondary N) is 1. The summed E-state index contributed by atoms with van der Waals surface area (Å²) in [6.45, 7) is 5.07. The molecule has 0 aliphatic rings. The van der Waals surface area contributed by atoms with Crippen molar-refractivity contribution in [1.82, 2.24) is 19.4 Å². The van der Waals surface area contributed by atoms with Gasteiger partial charge in [-0.05, 0) is 20.9 Å². The van der Waals surface area contributed by atoms with Crippen molar-refractivity contribution in [1.29, 1.82) is 0 Å². The number of rotatable bonds is 6. The van der Waals surface area contributed by atoms with Gasteiger partial charge >= 0.3 is 0 Å². The Morgan fingerprint density at radius 1 is 1.53 bits per heavy atom. The van der Waals surface area contributed by atoms with Gasteiger partial charge in [0.15, 0.2) is 0 Å². The summed E-state index contributed by atoms with van der Waals surface area (Å²) < 4.78 is 27.2. The molecule has 0 atom stereocenters. The summed E-state index contributed by atoms with van der Waals surface area (Å²) in [7, 11) is 0.00246. The molecule has 0 fully saturated rings. The third-order valence-corrected chi connectivity index (χ3v) is 4.59. The fraction of sp³-hybridized carbons (Fsp3) is 0.700. The molecule has 0 aliphatic heterocycles. The summed E-state index contributed by atoms with van der Waals surface area (Å²) in [5.74, 6) is 0. The molecule has 0 amide bonds. The molecule has 0 saturated carbocycles. The summed E-state index contributed by atoms with van der Waals surface area (Å²) in [4.78, 5) is 0.241. The standard InChI is InChI=1S/C10H20N4O2S/c1-9(2)13(4)17(15,16)10-7-12-14(8-10)6-5-11-3/h7-9,11H,5-6H2,1-4H3. The van der Waals surface area contributed by atoms with Crippen LogP contribution in [0.1, 0.15) is 13.8 Å². The normalized spacial score (nSPS) is 12.6. The molecule has 0 aliphatic carbocycles. The smallest absolute Gasteiger partial charge is 0.246 e. The predicted octanol–water partition coefficient (Wildman–Crippen LogP) is 0.131. The number of hydrogen-bond donors (Lipinski definition) is 1. The van der Waals surface area contributed by atoms with Crippen LogP contribution in [-0.4, -0.2) is 49.2 Å². The van der Waals surface area contributed by atoms with E-state index in [4.69, 9.17) is 0 Å². The number of aromatic nitrogens is 2. The van der Waals surface area contributed by atoms with Crippen molar-refractivity contribution < 1.29 is 8.42 Å². The Bertz CT molecular complexity index is 453. The van der Waals surface area contributed by atoms with Crippen LogP contribution < -0.4 is 5.32 Å². The second kappa shape index (κ2) is 5.61. The highest BCUT2D eigenvalue weighted by Gasteiger charge is 2.24. The average Bonchev–Trinajstić information content (AvgIpc) is 2.74. The molecule has 1 aromatic rings. The second-order valence-electron chi connectivity index (χ2n) is 4.16. The molecule has 1 N–H and O–H groups in total. The fourth-order valence-corrected chi connectivity index (χ4v) is 2.59. The van der Waals surface area contributed by atoms with Gasteiger partial charge in [-0.2, -0.15) is 9.40 Å². The molecule has 0 spiro atoms. The van der Waals surface area contributed by atoms with Crippen LogP contribution in [-0.2, 0) is 16.6 Å². The number of sulfonamides is 1. The van der Waals surface area contributed by atoms with Crippen molar-refractivity contribution >= 4 is 10.0 Å². The molecule has 1 rings (SSSR count). The van der Waals surface area contributed by atoms with Crippen LogP contribution >= 0.6 is 0 Å². The molecule has 1 heterocycles. The first-order valence-corrected chi connectivity index (χ1v) is 6.98. The van der Waals surface area contributed by atoms with Gasteiger partial charge in [0.1, 0.15) is 4.90 Å². The van der Waals surface area contributed by atoms with Crippen LogP contribution in [0.5, 0.6) is 0 Å². The van der Waals surface area contributed by atoms with Crippen molar-refractivity contribution in [3.8, 4) is 0 Å². The lowest BCUT2D eigenvalue weighted by Crippen LogP contribution is -2.32. The Morgan fingerprint density at radius 2 is 2.18 bits per heavy atom. The third-order valence-electron chi connectivity index (χ3n) is 2.60. The van der Waals surface area contributed by atoms with E-state index in [9.17, 15) is 8.42 Å². The zero-order valence-electron chi connectivity index (χ0n) is 10.7.